The largest absolute Gasteiger partial charge is 0.334 e. The number of rotatable bonds is 2. The van der Waals surface area contributed by atoms with Crippen LogP contribution in [-0.4, -0.2) is 33.0 Å². The summed E-state index contributed by atoms with van der Waals surface area (Å²) >= 11 is 0. The van der Waals surface area contributed by atoms with Crippen LogP contribution in [-0.2, 0) is 23.3 Å². The number of amides is 2. The second-order valence-electron chi connectivity index (χ2n) is 7.44. The zero-order chi connectivity index (χ0) is 18.2. The van der Waals surface area contributed by atoms with Crippen molar-refractivity contribution < 1.29 is 9.59 Å². The van der Waals surface area contributed by atoms with E-state index in [9.17, 15) is 9.59 Å². The molecule has 2 aromatic rings. The Morgan fingerprint density at radius 2 is 2.00 bits per heavy atom. The summed E-state index contributed by atoms with van der Waals surface area (Å²) in [5, 5.41) is 7.23. The Bertz CT molecular complexity index is 817. The van der Waals surface area contributed by atoms with Gasteiger partial charge in [-0.2, -0.15) is 5.10 Å². The van der Waals surface area contributed by atoms with Crippen molar-refractivity contribution in [3.05, 3.63) is 47.3 Å². The van der Waals surface area contributed by atoms with Gasteiger partial charge in [-0.25, -0.2) is 0 Å². The number of hydrogen-bond acceptors (Lipinski definition) is 3. The third-order valence-electron chi connectivity index (χ3n) is 4.29. The van der Waals surface area contributed by atoms with Crippen LogP contribution in [0.15, 0.2) is 30.5 Å². The van der Waals surface area contributed by atoms with E-state index >= 15 is 0 Å². The zero-order valence-electron chi connectivity index (χ0n) is 15.2. The van der Waals surface area contributed by atoms with Crippen molar-refractivity contribution in [2.75, 3.05) is 11.9 Å². The predicted molar refractivity (Wildman–Crippen MR) is 96.4 cm³/mol. The Hall–Kier alpha value is -2.63. The second-order valence-corrected chi connectivity index (χ2v) is 7.44. The van der Waals surface area contributed by atoms with Gasteiger partial charge in [0.25, 0.3) is 5.91 Å². The van der Waals surface area contributed by atoms with Gasteiger partial charge in [-0.1, -0.05) is 6.07 Å². The first-order valence-electron chi connectivity index (χ1n) is 8.49. The third kappa shape index (κ3) is 3.57. The van der Waals surface area contributed by atoms with E-state index in [1.807, 2.05) is 11.1 Å². The average molecular weight is 340 g/mol. The van der Waals surface area contributed by atoms with Crippen molar-refractivity contribution in [2.24, 2.45) is 0 Å². The fourth-order valence-corrected chi connectivity index (χ4v) is 3.20. The maximum atomic E-state index is 12.8. The molecule has 0 fully saturated rings. The van der Waals surface area contributed by atoms with Gasteiger partial charge < -0.3 is 10.2 Å². The summed E-state index contributed by atoms with van der Waals surface area (Å²) in [7, 11) is 0. The van der Waals surface area contributed by atoms with Crippen molar-refractivity contribution in [1.82, 2.24) is 14.7 Å². The summed E-state index contributed by atoms with van der Waals surface area (Å²) in [6, 6.07) is 7.06. The average Bonchev–Trinajstić information content (AvgIpc) is 2.97. The van der Waals surface area contributed by atoms with Gasteiger partial charge in [-0.15, -0.1) is 0 Å². The van der Waals surface area contributed by atoms with Crippen molar-refractivity contribution in [3.8, 4) is 0 Å². The van der Waals surface area contributed by atoms with Gasteiger partial charge in [-0.3, -0.25) is 14.3 Å². The molecule has 6 heteroatoms. The molecular formula is C19H24N4O2. The normalized spacial score (nSPS) is 14.2. The number of carbonyl (C=O) groups is 2. The molecule has 0 unspecified atom stereocenters. The molecule has 1 aliphatic rings. The van der Waals surface area contributed by atoms with Crippen LogP contribution in [0.5, 0.6) is 0 Å². The van der Waals surface area contributed by atoms with Crippen LogP contribution < -0.4 is 5.32 Å². The highest BCUT2D eigenvalue weighted by Crippen LogP contribution is 2.25. The first-order valence-corrected chi connectivity index (χ1v) is 8.49. The highest BCUT2D eigenvalue weighted by atomic mass is 16.2. The molecule has 0 atom stereocenters. The quantitative estimate of drug-likeness (QED) is 0.914. The molecular weight excluding hydrogens is 316 g/mol. The molecule has 132 valence electrons. The summed E-state index contributed by atoms with van der Waals surface area (Å²) in [4.78, 5) is 25.9. The monoisotopic (exact) mass is 340 g/mol. The summed E-state index contributed by atoms with van der Waals surface area (Å²) in [6.45, 7) is 9.07. The molecule has 2 amide bonds. The summed E-state index contributed by atoms with van der Waals surface area (Å²) in [5.41, 5.74) is 3.47. The third-order valence-corrected chi connectivity index (χ3v) is 4.29. The first-order chi connectivity index (χ1) is 11.8. The van der Waals surface area contributed by atoms with E-state index in [0.29, 0.717) is 24.3 Å². The lowest BCUT2D eigenvalue weighted by molar-refractivity contribution is -0.114. The van der Waals surface area contributed by atoms with Gasteiger partial charge in [0.1, 0.15) is 0 Å². The highest BCUT2D eigenvalue weighted by Gasteiger charge is 2.28. The Kier molecular flexibility index (Phi) is 4.37. The Morgan fingerprint density at radius 1 is 1.24 bits per heavy atom. The molecule has 1 aliphatic heterocycles. The van der Waals surface area contributed by atoms with Crippen molar-refractivity contribution in [3.63, 3.8) is 0 Å². The second kappa shape index (κ2) is 6.35. The van der Waals surface area contributed by atoms with Gasteiger partial charge in [0.05, 0.1) is 11.7 Å². The van der Waals surface area contributed by atoms with Crippen molar-refractivity contribution in [2.45, 2.75) is 46.2 Å². The Morgan fingerprint density at radius 3 is 2.68 bits per heavy atom. The van der Waals surface area contributed by atoms with E-state index in [1.165, 1.54) is 12.6 Å². The molecule has 0 saturated heterocycles. The zero-order valence-corrected chi connectivity index (χ0v) is 15.2. The standard InChI is InChI=1S/C19H24N4O2/c1-13(24)21-16-7-5-6-14(10-16)18(25)22-9-8-17-15(12-22)11-20-23(17)19(2,3)4/h5-7,10-11H,8-9,12H2,1-4H3,(H,21,24). The molecule has 6 nitrogen and oxygen atoms in total. The molecule has 0 aliphatic carbocycles. The minimum absolute atomic E-state index is 0.0265. The number of anilines is 1. The SMILES string of the molecule is CC(=O)Nc1cccc(C(=O)N2CCc3c(cnn3C(C)(C)C)C2)c1. The van der Waals surface area contributed by atoms with Gasteiger partial charge in [0.15, 0.2) is 0 Å². The van der Waals surface area contributed by atoms with Crippen LogP contribution in [0.25, 0.3) is 0 Å². The van der Waals surface area contributed by atoms with Crippen LogP contribution in [0, 0.1) is 0 Å². The molecule has 1 aromatic heterocycles. The Labute approximate surface area is 147 Å². The first kappa shape index (κ1) is 17.2. The van der Waals surface area contributed by atoms with Crippen LogP contribution in [0.2, 0.25) is 0 Å². The van der Waals surface area contributed by atoms with E-state index in [1.54, 1.807) is 24.3 Å². The van der Waals surface area contributed by atoms with Gasteiger partial charge in [0.2, 0.25) is 5.91 Å². The van der Waals surface area contributed by atoms with E-state index in [0.717, 1.165) is 12.0 Å². The summed E-state index contributed by atoms with van der Waals surface area (Å²) in [5.74, 6) is -0.178. The summed E-state index contributed by atoms with van der Waals surface area (Å²) in [6.07, 6.45) is 2.66. The number of carbonyl (C=O) groups excluding carboxylic acids is 2. The number of aromatic nitrogens is 2. The van der Waals surface area contributed by atoms with Crippen LogP contribution in [0.1, 0.15) is 49.3 Å². The molecule has 2 heterocycles. The van der Waals surface area contributed by atoms with E-state index in [4.69, 9.17) is 0 Å². The van der Waals surface area contributed by atoms with E-state index in [2.05, 4.69) is 35.9 Å². The molecule has 0 spiro atoms. The van der Waals surface area contributed by atoms with Crippen LogP contribution in [0.3, 0.4) is 0 Å². The molecule has 3 rings (SSSR count). The fraction of sp³-hybridized carbons (Fsp3) is 0.421. The lowest BCUT2D eigenvalue weighted by Crippen LogP contribution is -2.37. The number of fused-ring (bicyclic) bond motifs is 1. The number of hydrogen-bond donors (Lipinski definition) is 1. The maximum Gasteiger partial charge on any atom is 0.254 e. The minimum atomic E-state index is -0.151. The highest BCUT2D eigenvalue weighted by molar-refractivity contribution is 5.96. The topological polar surface area (TPSA) is 67.2 Å². The van der Waals surface area contributed by atoms with Gasteiger partial charge in [-0.05, 0) is 39.0 Å². The maximum absolute atomic E-state index is 12.8. The van der Waals surface area contributed by atoms with Gasteiger partial charge >= 0.3 is 0 Å². The molecule has 0 saturated carbocycles. The summed E-state index contributed by atoms with van der Waals surface area (Å²) < 4.78 is 2.06. The molecule has 0 bridgehead atoms. The van der Waals surface area contributed by atoms with Crippen molar-refractivity contribution in [1.29, 1.82) is 0 Å². The van der Waals surface area contributed by atoms with Crippen LogP contribution in [0.4, 0.5) is 5.69 Å². The molecule has 25 heavy (non-hydrogen) atoms. The smallest absolute Gasteiger partial charge is 0.254 e. The van der Waals surface area contributed by atoms with Crippen molar-refractivity contribution >= 4 is 17.5 Å². The number of benzene rings is 1. The van der Waals surface area contributed by atoms with E-state index in [-0.39, 0.29) is 17.4 Å². The molecule has 0 radical (unpaired) electrons. The fourth-order valence-electron chi connectivity index (χ4n) is 3.20. The van der Waals surface area contributed by atoms with E-state index < -0.39 is 0 Å². The number of nitrogens with one attached hydrogen (secondary N) is 1. The molecule has 1 aromatic carbocycles. The molecule has 1 N–H and O–H groups in total. The van der Waals surface area contributed by atoms with Crippen LogP contribution >= 0.6 is 0 Å². The lowest BCUT2D eigenvalue weighted by atomic mass is 10.0. The Balaban J connectivity index is 1.79. The lowest BCUT2D eigenvalue weighted by Gasteiger charge is -2.30. The predicted octanol–water partition coefficient (Wildman–Crippen LogP) is 2.80. The minimum Gasteiger partial charge on any atom is -0.334 e. The number of nitrogens with zero attached hydrogens (tertiary/aromatic N) is 3. The van der Waals surface area contributed by atoms with Gasteiger partial charge in [0, 0.05) is 48.9 Å².